The van der Waals surface area contributed by atoms with Gasteiger partial charge in [-0.15, -0.1) is 6.58 Å². The number of imidazole rings is 1. The number of allylic oxidation sites excluding steroid dienone is 1. The summed E-state index contributed by atoms with van der Waals surface area (Å²) in [6.45, 7) is 4.47. The van der Waals surface area contributed by atoms with Gasteiger partial charge in [0.15, 0.2) is 5.16 Å². The van der Waals surface area contributed by atoms with Crippen molar-refractivity contribution in [2.24, 2.45) is 0 Å². The Balaban J connectivity index is 1.67. The predicted molar refractivity (Wildman–Crippen MR) is 108 cm³/mol. The molecule has 2 aromatic carbocycles. The number of hydrogen-bond acceptors (Lipinski definition) is 5. The van der Waals surface area contributed by atoms with E-state index in [4.69, 9.17) is 9.47 Å². The Morgan fingerprint density at radius 1 is 1.22 bits per heavy atom. The molecule has 0 N–H and O–H groups in total. The first kappa shape index (κ1) is 19.0. The topological polar surface area (TPSA) is 53.4 Å². The Bertz CT molecular complexity index is 936. The molecule has 3 rings (SSSR count). The third-order valence-electron chi connectivity index (χ3n) is 4.04. The van der Waals surface area contributed by atoms with Crippen LogP contribution < -0.4 is 4.74 Å². The van der Waals surface area contributed by atoms with Crippen LogP contribution in [0.1, 0.15) is 5.56 Å². The molecule has 3 aromatic rings. The van der Waals surface area contributed by atoms with Gasteiger partial charge in [-0.1, -0.05) is 48.2 Å². The minimum absolute atomic E-state index is 0.141. The molecule has 0 aliphatic rings. The molecule has 6 heteroatoms. The van der Waals surface area contributed by atoms with Crippen LogP contribution in [-0.2, 0) is 22.5 Å². The number of para-hydroxylation sites is 3. The molecular formula is C21H22N2O3S. The lowest BCUT2D eigenvalue weighted by molar-refractivity contribution is -0.141. The molecule has 0 unspecified atom stereocenters. The van der Waals surface area contributed by atoms with E-state index in [-0.39, 0.29) is 12.5 Å². The number of ether oxygens (including phenoxy) is 2. The maximum Gasteiger partial charge on any atom is 0.325 e. The highest BCUT2D eigenvalue weighted by molar-refractivity contribution is 7.99. The van der Waals surface area contributed by atoms with Crippen LogP contribution in [0.25, 0.3) is 11.0 Å². The van der Waals surface area contributed by atoms with Crippen molar-refractivity contribution in [1.29, 1.82) is 0 Å². The Hall–Kier alpha value is -2.73. The van der Waals surface area contributed by atoms with Gasteiger partial charge in [-0.25, -0.2) is 4.98 Å². The number of nitrogens with zero attached hydrogens (tertiary/aromatic N) is 2. The molecule has 0 aliphatic heterocycles. The fourth-order valence-electron chi connectivity index (χ4n) is 2.76. The van der Waals surface area contributed by atoms with Gasteiger partial charge < -0.3 is 14.0 Å². The monoisotopic (exact) mass is 382 g/mol. The van der Waals surface area contributed by atoms with Gasteiger partial charge in [0.2, 0.25) is 0 Å². The number of fused-ring (bicyclic) bond motifs is 1. The summed E-state index contributed by atoms with van der Waals surface area (Å²) in [5.41, 5.74) is 2.90. The van der Waals surface area contributed by atoms with Crippen molar-refractivity contribution in [2.45, 2.75) is 18.1 Å². The van der Waals surface area contributed by atoms with Crippen LogP contribution in [0.3, 0.4) is 0 Å². The zero-order chi connectivity index (χ0) is 19.1. The van der Waals surface area contributed by atoms with Crippen LogP contribution in [-0.4, -0.2) is 35.0 Å². The van der Waals surface area contributed by atoms with Crippen molar-refractivity contribution in [3.8, 4) is 5.75 Å². The number of carbonyl (C=O) groups is 1. The quantitative estimate of drug-likeness (QED) is 0.241. The standard InChI is InChI=1S/C21H22N2O3S/c1-3-8-16-9-4-7-12-19(16)26-13-14-27-21-22-17-10-5-6-11-18(17)23(21)15-20(24)25-2/h3-7,9-12H,1,8,13-15H2,2H3. The summed E-state index contributed by atoms with van der Waals surface area (Å²) in [5, 5.41) is 0.782. The van der Waals surface area contributed by atoms with Crippen LogP contribution >= 0.6 is 11.8 Å². The highest BCUT2D eigenvalue weighted by Gasteiger charge is 2.14. The molecule has 1 aromatic heterocycles. The molecule has 0 atom stereocenters. The minimum atomic E-state index is -0.297. The first-order chi connectivity index (χ1) is 13.2. The summed E-state index contributed by atoms with van der Waals surface area (Å²) >= 11 is 1.56. The average molecular weight is 382 g/mol. The summed E-state index contributed by atoms with van der Waals surface area (Å²) in [4.78, 5) is 16.4. The fourth-order valence-corrected chi connectivity index (χ4v) is 3.59. The van der Waals surface area contributed by atoms with Crippen LogP contribution in [0.5, 0.6) is 5.75 Å². The fraction of sp³-hybridized carbons (Fsp3) is 0.238. The van der Waals surface area contributed by atoms with E-state index in [0.717, 1.165) is 33.9 Å². The molecular weight excluding hydrogens is 360 g/mol. The number of esters is 1. The second-order valence-electron chi connectivity index (χ2n) is 5.84. The highest BCUT2D eigenvalue weighted by atomic mass is 32.2. The van der Waals surface area contributed by atoms with Gasteiger partial charge in [0.25, 0.3) is 0 Å². The molecule has 0 aliphatic carbocycles. The van der Waals surface area contributed by atoms with Crippen LogP contribution in [0.2, 0.25) is 0 Å². The van der Waals surface area contributed by atoms with Crippen molar-refractivity contribution < 1.29 is 14.3 Å². The number of benzene rings is 2. The Morgan fingerprint density at radius 3 is 2.81 bits per heavy atom. The molecule has 0 saturated heterocycles. The van der Waals surface area contributed by atoms with E-state index in [2.05, 4.69) is 11.6 Å². The molecule has 0 radical (unpaired) electrons. The van der Waals surface area contributed by atoms with E-state index < -0.39 is 0 Å². The van der Waals surface area contributed by atoms with Gasteiger partial charge in [0.1, 0.15) is 12.3 Å². The third kappa shape index (κ3) is 4.71. The Kier molecular flexibility index (Phi) is 6.54. The lowest BCUT2D eigenvalue weighted by Gasteiger charge is -2.11. The summed E-state index contributed by atoms with van der Waals surface area (Å²) in [6.07, 6.45) is 2.64. The smallest absolute Gasteiger partial charge is 0.325 e. The molecule has 0 fully saturated rings. The second-order valence-corrected chi connectivity index (χ2v) is 6.90. The molecule has 0 saturated carbocycles. The van der Waals surface area contributed by atoms with Gasteiger partial charge in [0, 0.05) is 5.75 Å². The van der Waals surface area contributed by atoms with E-state index in [0.29, 0.717) is 12.4 Å². The zero-order valence-electron chi connectivity index (χ0n) is 15.3. The van der Waals surface area contributed by atoms with Gasteiger partial charge in [-0.2, -0.15) is 0 Å². The normalized spacial score (nSPS) is 10.7. The summed E-state index contributed by atoms with van der Waals surface area (Å²) in [7, 11) is 1.39. The number of methoxy groups -OCH3 is 1. The number of thioether (sulfide) groups is 1. The average Bonchev–Trinajstić information content (AvgIpc) is 3.04. The summed E-state index contributed by atoms with van der Waals surface area (Å²) in [6, 6.07) is 15.7. The molecule has 0 spiro atoms. The van der Waals surface area contributed by atoms with Gasteiger partial charge in [-0.3, -0.25) is 4.79 Å². The Morgan fingerprint density at radius 2 is 2.00 bits per heavy atom. The first-order valence-electron chi connectivity index (χ1n) is 8.69. The molecule has 140 valence electrons. The molecule has 0 amide bonds. The minimum Gasteiger partial charge on any atom is -0.492 e. The predicted octanol–water partition coefficient (Wildman–Crippen LogP) is 4.11. The molecule has 5 nitrogen and oxygen atoms in total. The lowest BCUT2D eigenvalue weighted by atomic mass is 10.1. The van der Waals surface area contributed by atoms with Crippen molar-refractivity contribution in [3.63, 3.8) is 0 Å². The summed E-state index contributed by atoms with van der Waals surface area (Å²) < 4.78 is 12.6. The number of hydrogen-bond donors (Lipinski definition) is 0. The molecule has 0 bridgehead atoms. The second kappa shape index (κ2) is 9.28. The third-order valence-corrected chi connectivity index (χ3v) is 4.98. The van der Waals surface area contributed by atoms with Gasteiger partial charge in [0.05, 0.1) is 24.8 Å². The molecule has 1 heterocycles. The van der Waals surface area contributed by atoms with Crippen molar-refractivity contribution in [2.75, 3.05) is 19.5 Å². The number of aromatic nitrogens is 2. The van der Waals surface area contributed by atoms with E-state index in [1.165, 1.54) is 7.11 Å². The summed E-state index contributed by atoms with van der Waals surface area (Å²) in [5.74, 6) is 1.29. The largest absolute Gasteiger partial charge is 0.492 e. The Labute approximate surface area is 163 Å². The van der Waals surface area contributed by atoms with Crippen molar-refractivity contribution >= 4 is 28.8 Å². The van der Waals surface area contributed by atoms with E-state index in [9.17, 15) is 4.79 Å². The van der Waals surface area contributed by atoms with Crippen LogP contribution in [0, 0.1) is 0 Å². The van der Waals surface area contributed by atoms with Crippen LogP contribution in [0.4, 0.5) is 0 Å². The van der Waals surface area contributed by atoms with Crippen molar-refractivity contribution in [1.82, 2.24) is 9.55 Å². The maximum atomic E-state index is 11.8. The SMILES string of the molecule is C=CCc1ccccc1OCCSc1nc2ccccc2n1CC(=O)OC. The van der Waals surface area contributed by atoms with E-state index in [1.54, 1.807) is 11.8 Å². The lowest BCUT2D eigenvalue weighted by Crippen LogP contribution is -2.12. The van der Waals surface area contributed by atoms with E-state index >= 15 is 0 Å². The highest BCUT2D eigenvalue weighted by Crippen LogP contribution is 2.25. The number of carbonyl (C=O) groups excluding carboxylic acids is 1. The number of rotatable bonds is 9. The molecule has 27 heavy (non-hydrogen) atoms. The van der Waals surface area contributed by atoms with Crippen LogP contribution in [0.15, 0.2) is 66.3 Å². The first-order valence-corrected chi connectivity index (χ1v) is 9.68. The van der Waals surface area contributed by atoms with Gasteiger partial charge in [-0.05, 0) is 30.2 Å². The zero-order valence-corrected chi connectivity index (χ0v) is 16.1. The van der Waals surface area contributed by atoms with Gasteiger partial charge >= 0.3 is 5.97 Å². The maximum absolute atomic E-state index is 11.8. The van der Waals surface area contributed by atoms with Crippen molar-refractivity contribution in [3.05, 3.63) is 66.7 Å². The van der Waals surface area contributed by atoms with E-state index in [1.807, 2.05) is 59.2 Å².